The first kappa shape index (κ1) is 17.1. The van der Waals surface area contributed by atoms with Crippen LogP contribution in [0.4, 0.5) is 5.69 Å². The molecule has 6 nitrogen and oxygen atoms in total. The first-order valence-electron chi connectivity index (χ1n) is 8.71. The molecule has 2 aromatic carbocycles. The topological polar surface area (TPSA) is 95.9 Å². The summed E-state index contributed by atoms with van der Waals surface area (Å²) in [5.41, 5.74) is 3.16. The number of benzene rings is 2. The number of carboxylic acid groups (broad SMARTS) is 2. The normalized spacial score (nSPS) is 22.5. The van der Waals surface area contributed by atoms with E-state index < -0.39 is 11.9 Å². The van der Waals surface area contributed by atoms with Crippen molar-refractivity contribution in [3.05, 3.63) is 70.8 Å². The second kappa shape index (κ2) is 6.46. The number of ether oxygens (including phenoxy) is 1. The number of hydrogen-bond acceptors (Lipinski definition) is 4. The molecular formula is C21H19NO5. The molecule has 0 amide bonds. The number of carbonyl (C=O) groups is 2. The van der Waals surface area contributed by atoms with Crippen LogP contribution >= 0.6 is 0 Å². The van der Waals surface area contributed by atoms with E-state index in [9.17, 15) is 14.7 Å². The zero-order valence-electron chi connectivity index (χ0n) is 14.7. The van der Waals surface area contributed by atoms with Crippen LogP contribution in [0.15, 0.2) is 48.6 Å². The van der Waals surface area contributed by atoms with Gasteiger partial charge in [0, 0.05) is 5.92 Å². The smallest absolute Gasteiger partial charge is 0.335 e. The minimum Gasteiger partial charge on any atom is -0.495 e. The van der Waals surface area contributed by atoms with E-state index in [4.69, 9.17) is 9.84 Å². The van der Waals surface area contributed by atoms with Gasteiger partial charge in [0.25, 0.3) is 0 Å². The number of anilines is 1. The summed E-state index contributed by atoms with van der Waals surface area (Å²) >= 11 is 0. The van der Waals surface area contributed by atoms with Gasteiger partial charge in [-0.2, -0.15) is 0 Å². The second-order valence-electron chi connectivity index (χ2n) is 6.85. The fraction of sp³-hybridized carbons (Fsp3) is 0.238. The standard InChI is InChI=1S/C21H19NO5/c1-27-17-10-13(21(25)26)9-16-14-3-2-4-15(14)18(22-19(16)17)11-5-7-12(8-6-11)20(23)24/h2-3,5-10,14-15,18,22H,4H2,1H3,(H,23,24)(H,25,26)/t14-,15+,18-/m1/s1. The van der Waals surface area contributed by atoms with Gasteiger partial charge >= 0.3 is 11.9 Å². The number of aromatic carboxylic acids is 2. The van der Waals surface area contributed by atoms with Gasteiger partial charge in [-0.05, 0) is 47.7 Å². The Kier molecular flexibility index (Phi) is 4.11. The highest BCUT2D eigenvalue weighted by Crippen LogP contribution is 2.52. The number of allylic oxidation sites excluding steroid dienone is 2. The number of nitrogens with one attached hydrogen (secondary N) is 1. The first-order valence-corrected chi connectivity index (χ1v) is 8.71. The van der Waals surface area contributed by atoms with Gasteiger partial charge in [-0.15, -0.1) is 0 Å². The molecule has 2 aromatic rings. The Morgan fingerprint density at radius 1 is 1.07 bits per heavy atom. The van der Waals surface area contributed by atoms with E-state index >= 15 is 0 Å². The number of hydrogen-bond donors (Lipinski definition) is 3. The lowest BCUT2D eigenvalue weighted by atomic mass is 9.76. The summed E-state index contributed by atoms with van der Waals surface area (Å²) in [5, 5.41) is 22.0. The lowest BCUT2D eigenvalue weighted by molar-refractivity contribution is 0.0685. The molecule has 0 radical (unpaired) electrons. The summed E-state index contributed by atoms with van der Waals surface area (Å²) < 4.78 is 5.46. The van der Waals surface area contributed by atoms with Crippen LogP contribution in [0.3, 0.4) is 0 Å². The molecule has 0 bridgehead atoms. The molecule has 0 saturated heterocycles. The van der Waals surface area contributed by atoms with E-state index in [0.29, 0.717) is 5.75 Å². The molecule has 4 rings (SSSR count). The monoisotopic (exact) mass is 365 g/mol. The van der Waals surface area contributed by atoms with Gasteiger partial charge in [0.1, 0.15) is 5.75 Å². The van der Waals surface area contributed by atoms with Crippen molar-refractivity contribution < 1.29 is 24.5 Å². The van der Waals surface area contributed by atoms with Gasteiger partial charge in [0.05, 0.1) is 30.0 Å². The van der Waals surface area contributed by atoms with Crippen LogP contribution in [0.1, 0.15) is 50.2 Å². The highest BCUT2D eigenvalue weighted by atomic mass is 16.5. The maximum atomic E-state index is 11.5. The van der Waals surface area contributed by atoms with Gasteiger partial charge in [-0.25, -0.2) is 9.59 Å². The Hall–Kier alpha value is -3.28. The Balaban J connectivity index is 1.79. The summed E-state index contributed by atoms with van der Waals surface area (Å²) in [6, 6.07) is 10.1. The Bertz CT molecular complexity index is 948. The number of methoxy groups -OCH3 is 1. The maximum Gasteiger partial charge on any atom is 0.335 e. The summed E-state index contributed by atoms with van der Waals surface area (Å²) in [4.78, 5) is 22.6. The zero-order chi connectivity index (χ0) is 19.1. The van der Waals surface area contributed by atoms with E-state index in [2.05, 4.69) is 17.5 Å². The van der Waals surface area contributed by atoms with Gasteiger partial charge in [-0.3, -0.25) is 0 Å². The molecular weight excluding hydrogens is 346 g/mol. The average Bonchev–Trinajstić information content (AvgIpc) is 3.16. The van der Waals surface area contributed by atoms with Crippen LogP contribution in [0.2, 0.25) is 0 Å². The summed E-state index contributed by atoms with van der Waals surface area (Å²) in [6.45, 7) is 0. The van der Waals surface area contributed by atoms with Crippen molar-refractivity contribution in [2.75, 3.05) is 12.4 Å². The van der Waals surface area contributed by atoms with Crippen LogP contribution in [-0.4, -0.2) is 29.3 Å². The highest BCUT2D eigenvalue weighted by molar-refractivity contribution is 5.90. The molecule has 6 heteroatoms. The molecule has 3 atom stereocenters. The molecule has 0 aromatic heterocycles. The maximum absolute atomic E-state index is 11.5. The Morgan fingerprint density at radius 3 is 2.41 bits per heavy atom. The van der Waals surface area contributed by atoms with Crippen LogP contribution in [0.5, 0.6) is 5.75 Å². The molecule has 3 N–H and O–H groups in total. The van der Waals surface area contributed by atoms with Crippen molar-refractivity contribution in [1.82, 2.24) is 0 Å². The van der Waals surface area contributed by atoms with E-state index in [1.165, 1.54) is 13.2 Å². The van der Waals surface area contributed by atoms with E-state index in [1.807, 2.05) is 12.1 Å². The minimum absolute atomic E-state index is 0.0232. The third kappa shape index (κ3) is 2.83. The lowest BCUT2D eigenvalue weighted by Crippen LogP contribution is -2.29. The van der Waals surface area contributed by atoms with Crippen molar-refractivity contribution in [2.24, 2.45) is 5.92 Å². The fourth-order valence-corrected chi connectivity index (χ4v) is 4.11. The Labute approximate surface area is 156 Å². The molecule has 2 aliphatic rings. The average molecular weight is 365 g/mol. The van der Waals surface area contributed by atoms with Crippen molar-refractivity contribution >= 4 is 17.6 Å². The Morgan fingerprint density at radius 2 is 1.78 bits per heavy atom. The van der Waals surface area contributed by atoms with Crippen molar-refractivity contribution in [1.29, 1.82) is 0 Å². The van der Waals surface area contributed by atoms with Gasteiger partial charge in [0.15, 0.2) is 0 Å². The predicted octanol–water partition coefficient (Wildman–Crippen LogP) is 3.92. The molecule has 138 valence electrons. The molecule has 0 spiro atoms. The van der Waals surface area contributed by atoms with E-state index in [0.717, 1.165) is 23.2 Å². The predicted molar refractivity (Wildman–Crippen MR) is 99.7 cm³/mol. The number of fused-ring (bicyclic) bond motifs is 3. The molecule has 0 fully saturated rings. The number of rotatable bonds is 4. The van der Waals surface area contributed by atoms with E-state index in [1.54, 1.807) is 18.2 Å². The third-order valence-corrected chi connectivity index (χ3v) is 5.42. The number of carboxylic acids is 2. The van der Waals surface area contributed by atoms with Gasteiger partial charge in [0.2, 0.25) is 0 Å². The first-order chi connectivity index (χ1) is 13.0. The second-order valence-corrected chi connectivity index (χ2v) is 6.85. The van der Waals surface area contributed by atoms with Crippen molar-refractivity contribution in [3.8, 4) is 5.75 Å². The van der Waals surface area contributed by atoms with Crippen LogP contribution < -0.4 is 10.1 Å². The largest absolute Gasteiger partial charge is 0.495 e. The van der Waals surface area contributed by atoms with Crippen LogP contribution in [0.25, 0.3) is 0 Å². The molecule has 1 aliphatic carbocycles. The lowest BCUT2D eigenvalue weighted by Gasteiger charge is -2.38. The zero-order valence-corrected chi connectivity index (χ0v) is 14.7. The molecule has 1 aliphatic heterocycles. The quantitative estimate of drug-likeness (QED) is 0.711. The summed E-state index contributed by atoms with van der Waals surface area (Å²) in [6.07, 6.45) is 5.10. The summed E-state index contributed by atoms with van der Waals surface area (Å²) in [7, 11) is 1.52. The van der Waals surface area contributed by atoms with Gasteiger partial charge in [-0.1, -0.05) is 24.3 Å². The third-order valence-electron chi connectivity index (χ3n) is 5.42. The van der Waals surface area contributed by atoms with Crippen LogP contribution in [0, 0.1) is 5.92 Å². The fourth-order valence-electron chi connectivity index (χ4n) is 4.11. The molecule has 27 heavy (non-hydrogen) atoms. The van der Waals surface area contributed by atoms with Crippen molar-refractivity contribution in [3.63, 3.8) is 0 Å². The summed E-state index contributed by atoms with van der Waals surface area (Å²) in [5.74, 6) is -1.14. The van der Waals surface area contributed by atoms with E-state index in [-0.39, 0.29) is 29.0 Å². The van der Waals surface area contributed by atoms with Crippen LogP contribution in [-0.2, 0) is 0 Å². The SMILES string of the molecule is COc1cc(C(=O)O)cc2c1N[C@H](c1ccc(C(=O)O)cc1)[C@H]1CC=C[C@@H]21. The molecule has 0 unspecified atom stereocenters. The van der Waals surface area contributed by atoms with Gasteiger partial charge < -0.3 is 20.3 Å². The highest BCUT2D eigenvalue weighted by Gasteiger charge is 2.39. The molecule has 1 heterocycles. The van der Waals surface area contributed by atoms with Crippen molar-refractivity contribution in [2.45, 2.75) is 18.4 Å². The molecule has 0 saturated carbocycles. The minimum atomic E-state index is -0.985.